The van der Waals surface area contributed by atoms with E-state index in [1.54, 1.807) is 0 Å². The predicted octanol–water partition coefficient (Wildman–Crippen LogP) is 4.15. The number of aliphatic hydroxyl groups excluding tert-OH is 2. The first-order chi connectivity index (χ1) is 12.0. The summed E-state index contributed by atoms with van der Waals surface area (Å²) in [5.74, 6) is 4.51. The molecular formula is C22H38O3. The molecule has 5 fully saturated rings. The lowest BCUT2D eigenvalue weighted by Crippen LogP contribution is -2.57. The highest BCUT2D eigenvalue weighted by Crippen LogP contribution is 2.52. The second-order valence-electron chi connectivity index (χ2n) is 9.87. The Labute approximate surface area is 153 Å². The second kappa shape index (κ2) is 7.48. The van der Waals surface area contributed by atoms with Crippen LogP contribution in [0.15, 0.2) is 0 Å². The van der Waals surface area contributed by atoms with Gasteiger partial charge in [0.1, 0.15) is 0 Å². The number of rotatable bonds is 4. The van der Waals surface area contributed by atoms with Crippen LogP contribution in [0.25, 0.3) is 0 Å². The first-order valence-electron chi connectivity index (χ1n) is 11.0. The molecule has 6 atom stereocenters. The number of hydrogen-bond donors (Lipinski definition) is 2. The zero-order valence-electron chi connectivity index (χ0n) is 16.1. The van der Waals surface area contributed by atoms with Crippen LogP contribution in [0.4, 0.5) is 0 Å². The van der Waals surface area contributed by atoms with E-state index in [0.717, 1.165) is 61.2 Å². The molecule has 3 saturated carbocycles. The normalized spacial score (nSPS) is 49.9. The summed E-state index contributed by atoms with van der Waals surface area (Å²) < 4.78 is 6.37. The summed E-state index contributed by atoms with van der Waals surface area (Å²) >= 11 is 0. The average molecular weight is 351 g/mol. The third-order valence-corrected chi connectivity index (χ3v) is 8.63. The van der Waals surface area contributed by atoms with E-state index >= 15 is 0 Å². The van der Waals surface area contributed by atoms with Gasteiger partial charge in [-0.25, -0.2) is 0 Å². The minimum absolute atomic E-state index is 0.0476. The molecule has 2 bridgehead atoms. The smallest absolute Gasteiger partial charge is 0.0634 e. The van der Waals surface area contributed by atoms with Gasteiger partial charge < -0.3 is 14.9 Å². The summed E-state index contributed by atoms with van der Waals surface area (Å²) in [4.78, 5) is 0. The lowest BCUT2D eigenvalue weighted by atomic mass is 9.59. The summed E-state index contributed by atoms with van der Waals surface area (Å²) in [6.45, 7) is 4.93. The first kappa shape index (κ1) is 18.3. The van der Waals surface area contributed by atoms with Crippen LogP contribution in [-0.4, -0.2) is 34.6 Å². The van der Waals surface area contributed by atoms with Crippen molar-refractivity contribution < 1.29 is 14.9 Å². The van der Waals surface area contributed by atoms with E-state index in [9.17, 15) is 10.2 Å². The number of hydrogen-bond acceptors (Lipinski definition) is 3. The van der Waals surface area contributed by atoms with Gasteiger partial charge in [-0.15, -0.1) is 0 Å². The minimum atomic E-state index is -0.0476. The van der Waals surface area contributed by atoms with E-state index in [1.807, 2.05) is 0 Å². The maximum atomic E-state index is 9.81. The van der Waals surface area contributed by atoms with Gasteiger partial charge in [0.25, 0.3) is 0 Å². The van der Waals surface area contributed by atoms with Crippen LogP contribution in [0.2, 0.25) is 0 Å². The Morgan fingerprint density at radius 1 is 0.640 bits per heavy atom. The summed E-state index contributed by atoms with van der Waals surface area (Å²) in [5.41, 5.74) is 0. The molecule has 0 amide bonds. The molecule has 2 heterocycles. The Morgan fingerprint density at radius 3 is 1.36 bits per heavy atom. The van der Waals surface area contributed by atoms with Crippen LogP contribution in [0.5, 0.6) is 0 Å². The van der Waals surface area contributed by atoms with Gasteiger partial charge in [-0.2, -0.15) is 0 Å². The third kappa shape index (κ3) is 3.66. The summed E-state index contributed by atoms with van der Waals surface area (Å²) in [5, 5.41) is 19.6. The largest absolute Gasteiger partial charge is 0.393 e. The lowest BCUT2D eigenvalue weighted by molar-refractivity contribution is -0.238. The fourth-order valence-electron chi connectivity index (χ4n) is 6.67. The molecule has 5 aliphatic rings. The standard InChI is InChI=1S/C22H38O3/c1-13(15-3-7-17(23)8-4-15)19-11-20(22-12-21(19)25-22)14(2)16-5-9-18(24)10-6-16/h13-24H,3-12H2,1-2H3. The zero-order chi connectivity index (χ0) is 17.6. The van der Waals surface area contributed by atoms with Crippen LogP contribution in [-0.2, 0) is 4.74 Å². The van der Waals surface area contributed by atoms with Crippen molar-refractivity contribution in [2.75, 3.05) is 0 Å². The third-order valence-electron chi connectivity index (χ3n) is 8.63. The molecule has 0 aromatic carbocycles. The maximum absolute atomic E-state index is 9.81. The van der Waals surface area contributed by atoms with Crippen molar-refractivity contribution in [2.45, 2.75) is 102 Å². The molecule has 0 spiro atoms. The summed E-state index contributed by atoms with van der Waals surface area (Å²) in [6.07, 6.45) is 12.4. The second-order valence-corrected chi connectivity index (χ2v) is 9.87. The SMILES string of the molecule is CC(C1CCC(O)CC1)C1CC(C(C)C2CCC(O)CC2)C2CC1O2. The fourth-order valence-corrected chi connectivity index (χ4v) is 6.67. The highest BCUT2D eigenvalue weighted by Gasteiger charge is 2.52. The van der Waals surface area contributed by atoms with Gasteiger partial charge in [-0.05, 0) is 93.3 Å². The van der Waals surface area contributed by atoms with Crippen molar-refractivity contribution in [1.82, 2.24) is 0 Å². The van der Waals surface area contributed by atoms with E-state index < -0.39 is 0 Å². The van der Waals surface area contributed by atoms with Crippen LogP contribution >= 0.6 is 0 Å². The Hall–Kier alpha value is -0.120. The van der Waals surface area contributed by atoms with Crippen LogP contribution in [0, 0.1) is 35.5 Å². The molecule has 6 unspecified atom stereocenters. The van der Waals surface area contributed by atoms with Gasteiger partial charge >= 0.3 is 0 Å². The fraction of sp³-hybridized carbons (Fsp3) is 1.00. The minimum Gasteiger partial charge on any atom is -0.393 e. The summed E-state index contributed by atoms with van der Waals surface area (Å²) in [7, 11) is 0. The molecule has 144 valence electrons. The van der Waals surface area contributed by atoms with E-state index in [0.29, 0.717) is 12.2 Å². The molecule has 3 heteroatoms. The topological polar surface area (TPSA) is 49.7 Å². The molecule has 2 aliphatic heterocycles. The molecular weight excluding hydrogens is 312 g/mol. The van der Waals surface area contributed by atoms with E-state index in [4.69, 9.17) is 4.74 Å². The molecule has 3 aliphatic carbocycles. The van der Waals surface area contributed by atoms with Gasteiger partial charge in [-0.1, -0.05) is 13.8 Å². The molecule has 0 radical (unpaired) electrons. The van der Waals surface area contributed by atoms with Gasteiger partial charge in [0, 0.05) is 6.42 Å². The van der Waals surface area contributed by atoms with Crippen molar-refractivity contribution in [2.24, 2.45) is 35.5 Å². The molecule has 5 rings (SSSR count). The Balaban J connectivity index is 1.37. The number of ether oxygens (including phenoxy) is 1. The van der Waals surface area contributed by atoms with Crippen molar-refractivity contribution in [3.8, 4) is 0 Å². The maximum Gasteiger partial charge on any atom is 0.0634 e. The molecule has 25 heavy (non-hydrogen) atoms. The number of aliphatic hydroxyl groups is 2. The highest BCUT2D eigenvalue weighted by molar-refractivity contribution is 5.00. The quantitative estimate of drug-likeness (QED) is 0.800. The monoisotopic (exact) mass is 350 g/mol. The molecule has 2 saturated heterocycles. The van der Waals surface area contributed by atoms with E-state index in [1.165, 1.54) is 38.5 Å². The van der Waals surface area contributed by atoms with Crippen molar-refractivity contribution in [1.29, 1.82) is 0 Å². The van der Waals surface area contributed by atoms with Crippen molar-refractivity contribution in [3.63, 3.8) is 0 Å². The van der Waals surface area contributed by atoms with Crippen LogP contribution in [0.3, 0.4) is 0 Å². The average Bonchev–Trinajstić information content (AvgIpc) is 2.60. The van der Waals surface area contributed by atoms with Crippen molar-refractivity contribution >= 4 is 0 Å². The van der Waals surface area contributed by atoms with Crippen molar-refractivity contribution in [3.05, 3.63) is 0 Å². The van der Waals surface area contributed by atoms with Crippen LogP contribution < -0.4 is 0 Å². The predicted molar refractivity (Wildman–Crippen MR) is 99.1 cm³/mol. The zero-order valence-corrected chi connectivity index (χ0v) is 16.1. The van der Waals surface area contributed by atoms with Crippen LogP contribution in [0.1, 0.15) is 78.1 Å². The molecule has 2 N–H and O–H groups in total. The number of fused-ring (bicyclic) bond motifs is 2. The Morgan fingerprint density at radius 2 is 1.00 bits per heavy atom. The Bertz CT molecular complexity index is 393. The summed E-state index contributed by atoms with van der Waals surface area (Å²) in [6, 6.07) is 0. The van der Waals surface area contributed by atoms with E-state index in [-0.39, 0.29) is 12.2 Å². The first-order valence-corrected chi connectivity index (χ1v) is 11.0. The van der Waals surface area contributed by atoms with Gasteiger partial charge in [0.2, 0.25) is 0 Å². The highest BCUT2D eigenvalue weighted by atomic mass is 16.5. The molecule has 0 aromatic heterocycles. The van der Waals surface area contributed by atoms with Gasteiger partial charge in [0.05, 0.1) is 24.4 Å². The van der Waals surface area contributed by atoms with E-state index in [2.05, 4.69) is 13.8 Å². The van der Waals surface area contributed by atoms with Gasteiger partial charge in [-0.3, -0.25) is 0 Å². The lowest BCUT2D eigenvalue weighted by Gasteiger charge is -2.56. The molecule has 0 aromatic rings. The Kier molecular flexibility index (Phi) is 5.46. The van der Waals surface area contributed by atoms with Gasteiger partial charge in [0.15, 0.2) is 0 Å². The molecule has 3 nitrogen and oxygen atoms in total.